The second-order valence-corrected chi connectivity index (χ2v) is 6.29. The van der Waals surface area contributed by atoms with Crippen molar-refractivity contribution in [3.05, 3.63) is 18.0 Å². The van der Waals surface area contributed by atoms with Gasteiger partial charge >= 0.3 is 0 Å². The van der Waals surface area contributed by atoms with Gasteiger partial charge in [-0.05, 0) is 26.0 Å². The molecular weight excluding hydrogens is 250 g/mol. The number of aromatic amines is 1. The van der Waals surface area contributed by atoms with Gasteiger partial charge in [0.2, 0.25) is 0 Å². The molecule has 5 heteroatoms. The second-order valence-electron chi connectivity index (χ2n) is 6.29. The van der Waals surface area contributed by atoms with Crippen molar-refractivity contribution in [2.75, 3.05) is 39.8 Å². The number of nitrogens with zero attached hydrogens (tertiary/aromatic N) is 3. The van der Waals surface area contributed by atoms with Crippen LogP contribution in [0.25, 0.3) is 0 Å². The average Bonchev–Trinajstić information content (AvgIpc) is 2.94. The molecule has 0 spiro atoms. The molecule has 2 heterocycles. The maximum absolute atomic E-state index is 4.02. The van der Waals surface area contributed by atoms with Gasteiger partial charge in [0.25, 0.3) is 0 Å². The van der Waals surface area contributed by atoms with Gasteiger partial charge in [0.15, 0.2) is 0 Å². The van der Waals surface area contributed by atoms with Gasteiger partial charge in [-0.25, -0.2) is 0 Å². The Morgan fingerprint density at radius 2 is 1.95 bits per heavy atom. The highest BCUT2D eigenvalue weighted by atomic mass is 15.3. The predicted molar refractivity (Wildman–Crippen MR) is 82.7 cm³/mol. The molecule has 2 unspecified atom stereocenters. The van der Waals surface area contributed by atoms with Gasteiger partial charge in [-0.3, -0.25) is 10.00 Å². The van der Waals surface area contributed by atoms with E-state index < -0.39 is 0 Å². The van der Waals surface area contributed by atoms with Crippen LogP contribution in [0.3, 0.4) is 0 Å². The molecule has 114 valence electrons. The molecular formula is C15H29N5. The van der Waals surface area contributed by atoms with Gasteiger partial charge in [-0.1, -0.05) is 13.8 Å². The first-order valence-corrected chi connectivity index (χ1v) is 7.73. The third-order valence-electron chi connectivity index (χ3n) is 4.40. The molecule has 0 aromatic carbocycles. The fourth-order valence-electron chi connectivity index (χ4n) is 2.86. The summed E-state index contributed by atoms with van der Waals surface area (Å²) in [5.41, 5.74) is 1.16. The van der Waals surface area contributed by atoms with Crippen LogP contribution in [0.2, 0.25) is 0 Å². The topological polar surface area (TPSA) is 47.2 Å². The van der Waals surface area contributed by atoms with Crippen LogP contribution in [-0.4, -0.2) is 65.8 Å². The first-order chi connectivity index (χ1) is 9.58. The Morgan fingerprint density at radius 1 is 1.25 bits per heavy atom. The van der Waals surface area contributed by atoms with Crippen molar-refractivity contribution in [1.82, 2.24) is 25.3 Å². The van der Waals surface area contributed by atoms with E-state index in [1.165, 1.54) is 26.2 Å². The lowest BCUT2D eigenvalue weighted by Gasteiger charge is -2.40. The smallest absolute Gasteiger partial charge is 0.0518 e. The van der Waals surface area contributed by atoms with Crippen LogP contribution in [0, 0.1) is 5.92 Å². The SMILES string of the molecule is CC(NCC(C(C)C)N1CCN(C)CC1)c1ccn[nH]1. The molecule has 0 amide bonds. The van der Waals surface area contributed by atoms with E-state index in [0.717, 1.165) is 12.2 Å². The Morgan fingerprint density at radius 3 is 2.50 bits per heavy atom. The zero-order valence-corrected chi connectivity index (χ0v) is 13.3. The van der Waals surface area contributed by atoms with Gasteiger partial charge in [0.1, 0.15) is 0 Å². The summed E-state index contributed by atoms with van der Waals surface area (Å²) in [5.74, 6) is 0.667. The monoisotopic (exact) mass is 279 g/mol. The van der Waals surface area contributed by atoms with Crippen LogP contribution < -0.4 is 5.32 Å². The Bertz CT molecular complexity index is 368. The van der Waals surface area contributed by atoms with Crippen LogP contribution >= 0.6 is 0 Å². The number of H-pyrrole nitrogens is 1. The lowest BCUT2D eigenvalue weighted by atomic mass is 10.0. The van der Waals surface area contributed by atoms with Crippen molar-refractivity contribution in [2.24, 2.45) is 5.92 Å². The lowest BCUT2D eigenvalue weighted by Crippen LogP contribution is -2.53. The van der Waals surface area contributed by atoms with Crippen LogP contribution in [0.4, 0.5) is 0 Å². The van der Waals surface area contributed by atoms with E-state index in [2.05, 4.69) is 53.1 Å². The molecule has 1 aromatic heterocycles. The first-order valence-electron chi connectivity index (χ1n) is 7.73. The third-order valence-corrected chi connectivity index (χ3v) is 4.40. The average molecular weight is 279 g/mol. The van der Waals surface area contributed by atoms with Crippen LogP contribution in [-0.2, 0) is 0 Å². The minimum Gasteiger partial charge on any atom is -0.307 e. The van der Waals surface area contributed by atoms with Crippen molar-refractivity contribution in [3.63, 3.8) is 0 Å². The molecule has 2 N–H and O–H groups in total. The Hall–Kier alpha value is -0.910. The van der Waals surface area contributed by atoms with E-state index in [1.807, 2.05) is 12.3 Å². The maximum atomic E-state index is 4.02. The number of likely N-dealkylation sites (N-methyl/N-ethyl adjacent to an activating group) is 1. The summed E-state index contributed by atoms with van der Waals surface area (Å²) in [6.45, 7) is 12.6. The van der Waals surface area contributed by atoms with E-state index in [1.54, 1.807) is 0 Å². The summed E-state index contributed by atoms with van der Waals surface area (Å²) in [7, 11) is 2.21. The van der Waals surface area contributed by atoms with Crippen molar-refractivity contribution in [3.8, 4) is 0 Å². The lowest BCUT2D eigenvalue weighted by molar-refractivity contribution is 0.0862. The van der Waals surface area contributed by atoms with Crippen molar-refractivity contribution in [1.29, 1.82) is 0 Å². The van der Waals surface area contributed by atoms with Gasteiger partial charge in [0.05, 0.1) is 5.69 Å². The predicted octanol–water partition coefficient (Wildman–Crippen LogP) is 1.33. The molecule has 20 heavy (non-hydrogen) atoms. The summed E-state index contributed by atoms with van der Waals surface area (Å²) < 4.78 is 0. The number of aromatic nitrogens is 2. The maximum Gasteiger partial charge on any atom is 0.0518 e. The minimum absolute atomic E-state index is 0.325. The van der Waals surface area contributed by atoms with Crippen LogP contribution in [0.1, 0.15) is 32.5 Å². The Labute approximate surface area is 122 Å². The molecule has 0 saturated carbocycles. The van der Waals surface area contributed by atoms with Crippen LogP contribution in [0.15, 0.2) is 12.3 Å². The van der Waals surface area contributed by atoms with E-state index in [-0.39, 0.29) is 0 Å². The number of nitrogens with one attached hydrogen (secondary N) is 2. The second kappa shape index (κ2) is 7.20. The summed E-state index contributed by atoms with van der Waals surface area (Å²) in [5, 5.41) is 10.7. The van der Waals surface area contributed by atoms with E-state index >= 15 is 0 Å². The molecule has 2 rings (SSSR count). The highest BCUT2D eigenvalue weighted by Gasteiger charge is 2.25. The fourth-order valence-corrected chi connectivity index (χ4v) is 2.86. The molecule has 1 aliphatic heterocycles. The number of rotatable bonds is 6. The quantitative estimate of drug-likeness (QED) is 0.825. The molecule has 1 saturated heterocycles. The summed E-state index contributed by atoms with van der Waals surface area (Å²) in [4.78, 5) is 5.05. The fraction of sp³-hybridized carbons (Fsp3) is 0.800. The molecule has 1 fully saturated rings. The Kier molecular flexibility index (Phi) is 5.57. The van der Waals surface area contributed by atoms with Crippen molar-refractivity contribution >= 4 is 0 Å². The summed E-state index contributed by atoms with van der Waals surface area (Å²) in [6, 6.07) is 2.97. The van der Waals surface area contributed by atoms with Crippen molar-refractivity contribution in [2.45, 2.75) is 32.9 Å². The zero-order chi connectivity index (χ0) is 14.5. The highest BCUT2D eigenvalue weighted by molar-refractivity contribution is 5.03. The molecule has 0 aliphatic carbocycles. The Balaban J connectivity index is 1.86. The van der Waals surface area contributed by atoms with Gasteiger partial charge in [0, 0.05) is 51.0 Å². The number of hydrogen-bond donors (Lipinski definition) is 2. The van der Waals surface area contributed by atoms with Gasteiger partial charge in [-0.15, -0.1) is 0 Å². The molecule has 0 radical (unpaired) electrons. The molecule has 0 bridgehead atoms. The summed E-state index contributed by atoms with van der Waals surface area (Å²) >= 11 is 0. The summed E-state index contributed by atoms with van der Waals surface area (Å²) in [6.07, 6.45) is 1.81. The molecule has 5 nitrogen and oxygen atoms in total. The first kappa shape index (κ1) is 15.5. The zero-order valence-electron chi connectivity index (χ0n) is 13.3. The minimum atomic E-state index is 0.325. The number of hydrogen-bond acceptors (Lipinski definition) is 4. The number of piperazine rings is 1. The van der Waals surface area contributed by atoms with Crippen LogP contribution in [0.5, 0.6) is 0 Å². The normalized spacial score (nSPS) is 21.2. The van der Waals surface area contributed by atoms with Gasteiger partial charge in [-0.2, -0.15) is 5.10 Å². The molecule has 1 aromatic rings. The van der Waals surface area contributed by atoms with Crippen molar-refractivity contribution < 1.29 is 0 Å². The van der Waals surface area contributed by atoms with E-state index in [0.29, 0.717) is 18.0 Å². The van der Waals surface area contributed by atoms with E-state index in [9.17, 15) is 0 Å². The van der Waals surface area contributed by atoms with Gasteiger partial charge < -0.3 is 10.2 Å². The standard InChI is InChI=1S/C15H29N5/c1-12(2)15(20-9-7-19(4)8-10-20)11-16-13(3)14-5-6-17-18-14/h5-6,12-13,15-16H,7-11H2,1-4H3,(H,17,18). The van der Waals surface area contributed by atoms with E-state index in [4.69, 9.17) is 0 Å². The molecule has 2 atom stereocenters. The molecule has 1 aliphatic rings. The third kappa shape index (κ3) is 4.04. The highest BCUT2D eigenvalue weighted by Crippen LogP contribution is 2.15. The largest absolute Gasteiger partial charge is 0.307 e.